The van der Waals surface area contributed by atoms with Crippen LogP contribution in [-0.2, 0) is 6.54 Å². The van der Waals surface area contributed by atoms with E-state index in [1.165, 1.54) is 23.7 Å². The summed E-state index contributed by atoms with van der Waals surface area (Å²) in [7, 11) is 2.98. The summed E-state index contributed by atoms with van der Waals surface area (Å²) >= 11 is 0. The Hall–Kier alpha value is -3.23. The number of ether oxygens (including phenoxy) is 2. The smallest absolute Gasteiger partial charge is 0.330 e. The molecule has 9 nitrogen and oxygen atoms in total. The number of nitrogens with one attached hydrogen (secondary N) is 1. The van der Waals surface area contributed by atoms with Crippen molar-refractivity contribution in [2.24, 2.45) is 11.8 Å². The predicted octanol–water partition coefficient (Wildman–Crippen LogP) is 2.09. The number of aromatic nitrogens is 2. The van der Waals surface area contributed by atoms with Gasteiger partial charge in [0.15, 0.2) is 17.2 Å². The number of aromatic amines is 1. The van der Waals surface area contributed by atoms with Gasteiger partial charge in [0, 0.05) is 18.7 Å². The van der Waals surface area contributed by atoms with Gasteiger partial charge in [0.1, 0.15) is 5.82 Å². The number of hydrogen-bond acceptors (Lipinski definition) is 6. The first kappa shape index (κ1) is 23.1. The van der Waals surface area contributed by atoms with Gasteiger partial charge in [0.2, 0.25) is 0 Å². The van der Waals surface area contributed by atoms with Crippen molar-refractivity contribution in [3.8, 4) is 11.5 Å². The molecule has 0 saturated heterocycles. The normalized spacial score (nSPS) is 11.1. The lowest BCUT2D eigenvalue weighted by Crippen LogP contribution is -2.43. The number of nitrogens with two attached hydrogens (primary N) is 1. The van der Waals surface area contributed by atoms with Crippen LogP contribution in [0.5, 0.6) is 11.5 Å². The van der Waals surface area contributed by atoms with Gasteiger partial charge in [-0.25, -0.2) is 4.79 Å². The van der Waals surface area contributed by atoms with Gasteiger partial charge in [-0.2, -0.15) is 0 Å². The maximum Gasteiger partial charge on any atom is 0.330 e. The number of carbonyl (C=O) groups is 1. The summed E-state index contributed by atoms with van der Waals surface area (Å²) in [4.78, 5) is 42.0. The number of methoxy groups -OCH3 is 2. The van der Waals surface area contributed by atoms with Crippen LogP contribution in [-0.4, -0.2) is 36.2 Å². The van der Waals surface area contributed by atoms with E-state index in [0.717, 1.165) is 0 Å². The fourth-order valence-corrected chi connectivity index (χ4v) is 3.15. The molecule has 2 rings (SSSR count). The molecule has 0 atom stereocenters. The molecule has 2 aromatic rings. The summed E-state index contributed by atoms with van der Waals surface area (Å²) in [5, 5.41) is 0. The lowest BCUT2D eigenvalue weighted by Gasteiger charge is -2.26. The van der Waals surface area contributed by atoms with Crippen LogP contribution in [0.15, 0.2) is 27.8 Å². The Kier molecular flexibility index (Phi) is 7.31. The molecule has 0 spiro atoms. The minimum atomic E-state index is -0.702. The molecule has 1 aromatic carbocycles. The molecule has 0 fully saturated rings. The van der Waals surface area contributed by atoms with Crippen LogP contribution in [0.1, 0.15) is 38.1 Å². The first-order chi connectivity index (χ1) is 14.1. The standard InChI is InChI=1S/C21H30N4O5/c1-12(2)10-24(20(27)14-7-8-15(29-5)16(9-14)30-6)17-18(22)25(11-13(3)4)21(28)23-19(17)26/h7-9,12-13H,10-11,22H2,1-6H3,(H,23,26,28). The summed E-state index contributed by atoms with van der Waals surface area (Å²) in [5.41, 5.74) is 5.19. The van der Waals surface area contributed by atoms with Gasteiger partial charge >= 0.3 is 5.69 Å². The zero-order valence-electron chi connectivity index (χ0n) is 18.3. The van der Waals surface area contributed by atoms with Crippen LogP contribution in [0.25, 0.3) is 0 Å². The molecule has 0 aliphatic heterocycles. The second kappa shape index (κ2) is 9.51. The first-order valence-electron chi connectivity index (χ1n) is 9.77. The molecule has 0 radical (unpaired) electrons. The first-order valence-corrected chi connectivity index (χ1v) is 9.77. The monoisotopic (exact) mass is 418 g/mol. The van der Waals surface area contributed by atoms with Crippen molar-refractivity contribution in [1.29, 1.82) is 0 Å². The third kappa shape index (κ3) is 4.84. The van der Waals surface area contributed by atoms with Gasteiger partial charge in [-0.1, -0.05) is 27.7 Å². The van der Waals surface area contributed by atoms with E-state index >= 15 is 0 Å². The predicted molar refractivity (Wildman–Crippen MR) is 117 cm³/mol. The Morgan fingerprint density at radius 2 is 1.73 bits per heavy atom. The number of nitrogens with zero attached hydrogens (tertiary/aromatic N) is 2. The summed E-state index contributed by atoms with van der Waals surface area (Å²) in [6.45, 7) is 8.25. The van der Waals surface area contributed by atoms with Crippen LogP contribution < -0.4 is 31.4 Å². The fourth-order valence-electron chi connectivity index (χ4n) is 3.15. The van der Waals surface area contributed by atoms with Gasteiger partial charge in [-0.15, -0.1) is 0 Å². The summed E-state index contributed by atoms with van der Waals surface area (Å²) in [6, 6.07) is 4.75. The van der Waals surface area contributed by atoms with E-state index in [-0.39, 0.29) is 29.9 Å². The van der Waals surface area contributed by atoms with E-state index in [0.29, 0.717) is 23.6 Å². The highest BCUT2D eigenvalue weighted by Crippen LogP contribution is 2.29. The van der Waals surface area contributed by atoms with Crippen molar-refractivity contribution in [1.82, 2.24) is 9.55 Å². The molecule has 1 amide bonds. The molecule has 0 bridgehead atoms. The molecule has 1 aromatic heterocycles. The Labute approximate surface area is 175 Å². The molecule has 0 aliphatic rings. The SMILES string of the molecule is COc1ccc(C(=O)N(CC(C)C)c2c(N)n(CC(C)C)c(=O)[nH]c2=O)cc1OC. The van der Waals surface area contributed by atoms with Gasteiger partial charge < -0.3 is 20.1 Å². The van der Waals surface area contributed by atoms with Gasteiger partial charge in [0.25, 0.3) is 11.5 Å². The average molecular weight is 418 g/mol. The largest absolute Gasteiger partial charge is 0.493 e. The van der Waals surface area contributed by atoms with E-state index in [2.05, 4.69) is 4.98 Å². The molecule has 3 N–H and O–H groups in total. The minimum Gasteiger partial charge on any atom is -0.493 e. The molecule has 0 saturated carbocycles. The highest BCUT2D eigenvalue weighted by atomic mass is 16.5. The third-order valence-corrected chi connectivity index (χ3v) is 4.46. The zero-order valence-corrected chi connectivity index (χ0v) is 18.3. The Balaban J connectivity index is 2.65. The molecule has 9 heteroatoms. The number of benzene rings is 1. The van der Waals surface area contributed by atoms with Gasteiger partial charge in [-0.05, 0) is 30.0 Å². The minimum absolute atomic E-state index is 0.0353. The lowest BCUT2D eigenvalue weighted by molar-refractivity contribution is 0.0983. The highest BCUT2D eigenvalue weighted by Gasteiger charge is 2.27. The molecule has 164 valence electrons. The van der Waals surface area contributed by atoms with E-state index < -0.39 is 17.2 Å². The Morgan fingerprint density at radius 3 is 2.27 bits per heavy atom. The van der Waals surface area contributed by atoms with Crippen molar-refractivity contribution >= 4 is 17.4 Å². The lowest BCUT2D eigenvalue weighted by atomic mass is 10.1. The summed E-state index contributed by atoms with van der Waals surface area (Å²) < 4.78 is 11.8. The summed E-state index contributed by atoms with van der Waals surface area (Å²) in [6.07, 6.45) is 0. The second-order valence-corrected chi connectivity index (χ2v) is 7.88. The number of amides is 1. The van der Waals surface area contributed by atoms with Crippen LogP contribution in [0.4, 0.5) is 11.5 Å². The Bertz CT molecular complexity index is 1020. The van der Waals surface area contributed by atoms with E-state index in [4.69, 9.17) is 15.2 Å². The van der Waals surface area contributed by atoms with Gasteiger partial charge in [0.05, 0.1) is 14.2 Å². The molecule has 30 heavy (non-hydrogen) atoms. The number of nitrogen functional groups attached to an aromatic ring is 1. The van der Waals surface area contributed by atoms with Crippen LogP contribution in [0.2, 0.25) is 0 Å². The van der Waals surface area contributed by atoms with E-state index in [1.54, 1.807) is 18.2 Å². The fraction of sp³-hybridized carbons (Fsp3) is 0.476. The molecular formula is C21H30N4O5. The number of anilines is 2. The Morgan fingerprint density at radius 1 is 1.10 bits per heavy atom. The van der Waals surface area contributed by atoms with E-state index in [9.17, 15) is 14.4 Å². The zero-order chi connectivity index (χ0) is 22.6. The van der Waals surface area contributed by atoms with Crippen LogP contribution >= 0.6 is 0 Å². The topological polar surface area (TPSA) is 120 Å². The summed E-state index contributed by atoms with van der Waals surface area (Å²) in [5.74, 6) is 0.553. The molecule has 0 aliphatic carbocycles. The van der Waals surface area contributed by atoms with Crippen molar-refractivity contribution in [2.75, 3.05) is 31.4 Å². The van der Waals surface area contributed by atoms with Crippen molar-refractivity contribution in [3.05, 3.63) is 44.6 Å². The number of rotatable bonds is 8. The van der Waals surface area contributed by atoms with Crippen molar-refractivity contribution in [2.45, 2.75) is 34.2 Å². The third-order valence-electron chi connectivity index (χ3n) is 4.46. The number of H-pyrrole nitrogens is 1. The maximum atomic E-state index is 13.4. The maximum absolute atomic E-state index is 13.4. The number of hydrogen-bond donors (Lipinski definition) is 2. The average Bonchev–Trinajstić information content (AvgIpc) is 2.68. The van der Waals surface area contributed by atoms with E-state index in [1.807, 2.05) is 27.7 Å². The van der Waals surface area contributed by atoms with Gasteiger partial charge in [-0.3, -0.25) is 19.1 Å². The highest BCUT2D eigenvalue weighted by molar-refractivity contribution is 6.07. The second-order valence-electron chi connectivity index (χ2n) is 7.88. The molecular weight excluding hydrogens is 388 g/mol. The quantitative estimate of drug-likeness (QED) is 0.677. The van der Waals surface area contributed by atoms with Crippen molar-refractivity contribution in [3.63, 3.8) is 0 Å². The number of carbonyl (C=O) groups excluding carboxylic acids is 1. The molecule has 0 unspecified atom stereocenters. The van der Waals surface area contributed by atoms with Crippen LogP contribution in [0.3, 0.4) is 0 Å². The molecule has 1 heterocycles. The van der Waals surface area contributed by atoms with Crippen molar-refractivity contribution < 1.29 is 14.3 Å². The van der Waals surface area contributed by atoms with Crippen LogP contribution in [0, 0.1) is 11.8 Å².